The standard InChI is InChI=1S/C13H20N2O2/c16-13(12-6-4-11-17-12)14-7-5-10-15-8-2-1-3-9-15/h4,6,11H,1-3,5,7-10H2,(H,14,16). The summed E-state index contributed by atoms with van der Waals surface area (Å²) in [6.07, 6.45) is 6.53. The second-order valence-corrected chi connectivity index (χ2v) is 4.49. The van der Waals surface area contributed by atoms with Crippen molar-refractivity contribution in [3.63, 3.8) is 0 Å². The van der Waals surface area contributed by atoms with E-state index in [0.717, 1.165) is 19.5 Å². The van der Waals surface area contributed by atoms with Gasteiger partial charge in [0.05, 0.1) is 6.26 Å². The number of carbonyl (C=O) groups excluding carboxylic acids is 1. The first kappa shape index (κ1) is 12.2. The van der Waals surface area contributed by atoms with Gasteiger partial charge in [-0.25, -0.2) is 0 Å². The van der Waals surface area contributed by atoms with Crippen LogP contribution >= 0.6 is 0 Å². The number of piperidine rings is 1. The summed E-state index contributed by atoms with van der Waals surface area (Å²) in [4.78, 5) is 14.0. The Morgan fingerprint density at radius 1 is 1.35 bits per heavy atom. The van der Waals surface area contributed by atoms with Crippen LogP contribution in [-0.2, 0) is 0 Å². The smallest absolute Gasteiger partial charge is 0.286 e. The summed E-state index contributed by atoms with van der Waals surface area (Å²) in [5.41, 5.74) is 0. The monoisotopic (exact) mass is 236 g/mol. The molecule has 2 rings (SSSR count). The summed E-state index contributed by atoms with van der Waals surface area (Å²) in [6, 6.07) is 3.41. The number of hydrogen-bond donors (Lipinski definition) is 1. The Bertz CT molecular complexity index is 329. The molecule has 1 aliphatic heterocycles. The minimum Gasteiger partial charge on any atom is -0.459 e. The molecule has 17 heavy (non-hydrogen) atoms. The minimum atomic E-state index is -0.117. The van der Waals surface area contributed by atoms with Crippen molar-refractivity contribution < 1.29 is 9.21 Å². The van der Waals surface area contributed by atoms with Gasteiger partial charge in [0.1, 0.15) is 0 Å². The predicted molar refractivity (Wildman–Crippen MR) is 65.9 cm³/mol. The number of carbonyl (C=O) groups is 1. The largest absolute Gasteiger partial charge is 0.459 e. The van der Waals surface area contributed by atoms with E-state index in [2.05, 4.69) is 10.2 Å². The molecule has 0 radical (unpaired) electrons. The van der Waals surface area contributed by atoms with E-state index in [9.17, 15) is 4.79 Å². The van der Waals surface area contributed by atoms with Crippen molar-refractivity contribution >= 4 is 5.91 Å². The molecule has 1 amide bonds. The lowest BCUT2D eigenvalue weighted by molar-refractivity contribution is 0.0923. The number of amides is 1. The van der Waals surface area contributed by atoms with Crippen LogP contribution < -0.4 is 5.32 Å². The lowest BCUT2D eigenvalue weighted by Crippen LogP contribution is -2.33. The molecule has 0 unspecified atom stereocenters. The molecule has 4 nitrogen and oxygen atoms in total. The van der Waals surface area contributed by atoms with Gasteiger partial charge >= 0.3 is 0 Å². The highest BCUT2D eigenvalue weighted by Gasteiger charge is 2.10. The highest BCUT2D eigenvalue weighted by Crippen LogP contribution is 2.08. The number of hydrogen-bond acceptors (Lipinski definition) is 3. The Morgan fingerprint density at radius 2 is 2.18 bits per heavy atom. The SMILES string of the molecule is O=C(NCCCN1CCCCC1)c1ccco1. The third-order valence-corrected chi connectivity index (χ3v) is 3.13. The minimum absolute atomic E-state index is 0.117. The fourth-order valence-corrected chi connectivity index (χ4v) is 2.18. The maximum atomic E-state index is 11.5. The summed E-state index contributed by atoms with van der Waals surface area (Å²) < 4.78 is 5.02. The average molecular weight is 236 g/mol. The first-order valence-corrected chi connectivity index (χ1v) is 6.40. The van der Waals surface area contributed by atoms with E-state index in [0.29, 0.717) is 5.76 Å². The molecule has 1 aromatic rings. The van der Waals surface area contributed by atoms with Gasteiger partial charge in [0.25, 0.3) is 5.91 Å². The number of likely N-dealkylation sites (tertiary alicyclic amines) is 1. The van der Waals surface area contributed by atoms with Gasteiger partial charge in [0, 0.05) is 6.54 Å². The zero-order valence-corrected chi connectivity index (χ0v) is 10.2. The quantitative estimate of drug-likeness (QED) is 0.794. The molecule has 0 bridgehead atoms. The number of nitrogens with one attached hydrogen (secondary N) is 1. The van der Waals surface area contributed by atoms with E-state index in [1.54, 1.807) is 12.1 Å². The van der Waals surface area contributed by atoms with Crippen molar-refractivity contribution in [1.82, 2.24) is 10.2 Å². The summed E-state index contributed by atoms with van der Waals surface area (Å²) in [7, 11) is 0. The van der Waals surface area contributed by atoms with Crippen LogP contribution in [0.1, 0.15) is 36.2 Å². The molecule has 0 aliphatic carbocycles. The molecule has 1 aliphatic rings. The van der Waals surface area contributed by atoms with Crippen molar-refractivity contribution in [3.8, 4) is 0 Å². The van der Waals surface area contributed by atoms with Crippen molar-refractivity contribution in [3.05, 3.63) is 24.2 Å². The molecular formula is C13H20N2O2. The Balaban J connectivity index is 1.58. The van der Waals surface area contributed by atoms with Gasteiger partial charge < -0.3 is 14.6 Å². The van der Waals surface area contributed by atoms with Gasteiger partial charge in [-0.3, -0.25) is 4.79 Å². The predicted octanol–water partition coefficient (Wildman–Crippen LogP) is 1.89. The number of furan rings is 1. The Morgan fingerprint density at radius 3 is 2.88 bits per heavy atom. The number of nitrogens with zero attached hydrogens (tertiary/aromatic N) is 1. The van der Waals surface area contributed by atoms with E-state index in [-0.39, 0.29) is 5.91 Å². The van der Waals surface area contributed by atoms with Crippen LogP contribution in [0.25, 0.3) is 0 Å². The van der Waals surface area contributed by atoms with Crippen LogP contribution in [0.5, 0.6) is 0 Å². The molecule has 94 valence electrons. The first-order chi connectivity index (χ1) is 8.36. The van der Waals surface area contributed by atoms with Gasteiger partial charge in [-0.05, 0) is 51.0 Å². The van der Waals surface area contributed by atoms with Gasteiger partial charge in [0.2, 0.25) is 0 Å². The Labute approximate surface area is 102 Å². The Hall–Kier alpha value is -1.29. The zero-order chi connectivity index (χ0) is 11.9. The molecule has 1 fully saturated rings. The molecule has 1 aromatic heterocycles. The molecule has 4 heteroatoms. The third kappa shape index (κ3) is 3.89. The molecular weight excluding hydrogens is 216 g/mol. The molecule has 0 spiro atoms. The van der Waals surface area contributed by atoms with E-state index in [1.807, 2.05) is 0 Å². The summed E-state index contributed by atoms with van der Waals surface area (Å²) in [5, 5.41) is 2.87. The van der Waals surface area contributed by atoms with Crippen molar-refractivity contribution in [1.29, 1.82) is 0 Å². The van der Waals surface area contributed by atoms with Crippen LogP contribution in [0.2, 0.25) is 0 Å². The van der Waals surface area contributed by atoms with Crippen molar-refractivity contribution in [2.75, 3.05) is 26.2 Å². The maximum absolute atomic E-state index is 11.5. The summed E-state index contributed by atoms with van der Waals surface area (Å²) in [6.45, 7) is 4.23. The summed E-state index contributed by atoms with van der Waals surface area (Å²) in [5.74, 6) is 0.275. The van der Waals surface area contributed by atoms with Crippen LogP contribution in [0.4, 0.5) is 0 Å². The van der Waals surface area contributed by atoms with Crippen molar-refractivity contribution in [2.45, 2.75) is 25.7 Å². The third-order valence-electron chi connectivity index (χ3n) is 3.13. The highest BCUT2D eigenvalue weighted by molar-refractivity contribution is 5.91. The summed E-state index contributed by atoms with van der Waals surface area (Å²) >= 11 is 0. The zero-order valence-electron chi connectivity index (χ0n) is 10.2. The van der Waals surface area contributed by atoms with E-state index in [4.69, 9.17) is 4.42 Å². The highest BCUT2D eigenvalue weighted by atomic mass is 16.3. The molecule has 0 aromatic carbocycles. The molecule has 1 N–H and O–H groups in total. The van der Waals surface area contributed by atoms with Crippen LogP contribution in [0.3, 0.4) is 0 Å². The molecule has 1 saturated heterocycles. The van der Waals surface area contributed by atoms with Gasteiger partial charge in [-0.1, -0.05) is 6.42 Å². The van der Waals surface area contributed by atoms with E-state index in [1.165, 1.54) is 38.6 Å². The van der Waals surface area contributed by atoms with E-state index < -0.39 is 0 Å². The second-order valence-electron chi connectivity index (χ2n) is 4.49. The fourth-order valence-electron chi connectivity index (χ4n) is 2.18. The van der Waals surface area contributed by atoms with E-state index >= 15 is 0 Å². The molecule has 2 heterocycles. The molecule has 0 atom stereocenters. The van der Waals surface area contributed by atoms with Crippen LogP contribution in [0.15, 0.2) is 22.8 Å². The van der Waals surface area contributed by atoms with Crippen molar-refractivity contribution in [2.24, 2.45) is 0 Å². The van der Waals surface area contributed by atoms with Crippen LogP contribution in [-0.4, -0.2) is 37.0 Å². The maximum Gasteiger partial charge on any atom is 0.286 e. The average Bonchev–Trinajstić information content (AvgIpc) is 2.89. The topological polar surface area (TPSA) is 45.5 Å². The van der Waals surface area contributed by atoms with Gasteiger partial charge in [-0.15, -0.1) is 0 Å². The lowest BCUT2D eigenvalue weighted by Gasteiger charge is -2.26. The first-order valence-electron chi connectivity index (χ1n) is 6.40. The molecule has 0 saturated carbocycles. The number of rotatable bonds is 5. The van der Waals surface area contributed by atoms with Gasteiger partial charge in [-0.2, -0.15) is 0 Å². The second kappa shape index (κ2) is 6.45. The Kier molecular flexibility index (Phi) is 4.62. The van der Waals surface area contributed by atoms with Crippen LogP contribution in [0, 0.1) is 0 Å². The normalized spacial score (nSPS) is 16.9. The lowest BCUT2D eigenvalue weighted by atomic mass is 10.1. The van der Waals surface area contributed by atoms with Gasteiger partial charge in [0.15, 0.2) is 5.76 Å². The fraction of sp³-hybridized carbons (Fsp3) is 0.615.